The lowest BCUT2D eigenvalue weighted by Crippen LogP contribution is -2.33. The molecule has 0 aliphatic heterocycles. The number of hydrogen-bond donors (Lipinski definition) is 3. The SMILES string of the molecule is CCCC(CC(CC)(CC)C(=O)O)P(=O)(O)O. The molecule has 0 fully saturated rings. The molecular formula is C11H23O5P. The minimum atomic E-state index is -4.22. The van der Waals surface area contributed by atoms with Gasteiger partial charge in [0.05, 0.1) is 11.1 Å². The van der Waals surface area contributed by atoms with Gasteiger partial charge < -0.3 is 14.9 Å². The molecule has 0 aromatic carbocycles. The van der Waals surface area contributed by atoms with Crippen LogP contribution < -0.4 is 0 Å². The fraction of sp³-hybridized carbons (Fsp3) is 0.909. The molecule has 6 heteroatoms. The van der Waals surface area contributed by atoms with E-state index in [0.29, 0.717) is 25.7 Å². The highest BCUT2D eigenvalue weighted by Crippen LogP contribution is 2.50. The Hall–Kier alpha value is -0.380. The van der Waals surface area contributed by atoms with Crippen molar-refractivity contribution in [2.24, 2.45) is 5.41 Å². The fourth-order valence-corrected chi connectivity index (χ4v) is 3.28. The van der Waals surface area contributed by atoms with Crippen LogP contribution in [0, 0.1) is 5.41 Å². The van der Waals surface area contributed by atoms with Crippen molar-refractivity contribution in [1.82, 2.24) is 0 Å². The first kappa shape index (κ1) is 16.6. The van der Waals surface area contributed by atoms with Crippen molar-refractivity contribution in [3.05, 3.63) is 0 Å². The molecule has 17 heavy (non-hydrogen) atoms. The van der Waals surface area contributed by atoms with Gasteiger partial charge in [0.25, 0.3) is 0 Å². The zero-order valence-electron chi connectivity index (χ0n) is 10.7. The minimum Gasteiger partial charge on any atom is -0.481 e. The summed E-state index contributed by atoms with van der Waals surface area (Å²) in [7, 11) is -4.22. The second-order valence-electron chi connectivity index (χ2n) is 4.53. The summed E-state index contributed by atoms with van der Waals surface area (Å²) < 4.78 is 11.4. The van der Waals surface area contributed by atoms with Gasteiger partial charge in [-0.25, -0.2) is 0 Å². The predicted octanol–water partition coefficient (Wildman–Crippen LogP) is 2.61. The highest BCUT2D eigenvalue weighted by Gasteiger charge is 2.41. The number of carboxylic acids is 1. The molecule has 0 aromatic heterocycles. The van der Waals surface area contributed by atoms with E-state index in [9.17, 15) is 24.3 Å². The third-order valence-electron chi connectivity index (χ3n) is 3.53. The monoisotopic (exact) mass is 266 g/mol. The average molecular weight is 266 g/mol. The third-order valence-corrected chi connectivity index (χ3v) is 4.92. The number of hydrogen-bond acceptors (Lipinski definition) is 2. The van der Waals surface area contributed by atoms with Gasteiger partial charge in [-0.3, -0.25) is 9.36 Å². The van der Waals surface area contributed by atoms with Crippen molar-refractivity contribution in [1.29, 1.82) is 0 Å². The lowest BCUT2D eigenvalue weighted by molar-refractivity contribution is -0.150. The molecule has 0 bridgehead atoms. The van der Waals surface area contributed by atoms with Crippen LogP contribution in [-0.2, 0) is 9.36 Å². The molecule has 0 heterocycles. The van der Waals surface area contributed by atoms with Gasteiger partial charge in [-0.1, -0.05) is 27.2 Å². The quantitative estimate of drug-likeness (QED) is 0.587. The summed E-state index contributed by atoms with van der Waals surface area (Å²) in [6.07, 6.45) is 1.82. The number of carbonyl (C=O) groups is 1. The first-order chi connectivity index (χ1) is 7.73. The Labute approximate surface area is 102 Å². The molecule has 0 saturated carbocycles. The van der Waals surface area contributed by atoms with Gasteiger partial charge in [0, 0.05) is 0 Å². The van der Waals surface area contributed by atoms with E-state index in [-0.39, 0.29) is 6.42 Å². The van der Waals surface area contributed by atoms with Crippen LogP contribution in [0.15, 0.2) is 0 Å². The van der Waals surface area contributed by atoms with Crippen molar-refractivity contribution >= 4 is 13.6 Å². The Morgan fingerprint density at radius 2 is 1.71 bits per heavy atom. The highest BCUT2D eigenvalue weighted by molar-refractivity contribution is 7.52. The molecule has 0 spiro atoms. The Bertz CT molecular complexity index is 292. The smallest absolute Gasteiger partial charge is 0.328 e. The molecule has 0 amide bonds. The Morgan fingerprint density at radius 3 is 1.94 bits per heavy atom. The first-order valence-electron chi connectivity index (χ1n) is 6.02. The normalized spacial score (nSPS) is 14.6. The molecule has 0 aliphatic carbocycles. The average Bonchev–Trinajstić information content (AvgIpc) is 2.22. The van der Waals surface area contributed by atoms with Gasteiger partial charge in [-0.15, -0.1) is 0 Å². The van der Waals surface area contributed by atoms with Gasteiger partial charge in [0.2, 0.25) is 0 Å². The fourth-order valence-electron chi connectivity index (χ4n) is 2.10. The molecule has 0 saturated heterocycles. The molecule has 1 atom stereocenters. The van der Waals surface area contributed by atoms with Crippen molar-refractivity contribution in [3.63, 3.8) is 0 Å². The topological polar surface area (TPSA) is 94.8 Å². The standard InChI is InChI=1S/C11H23O5P/c1-4-7-9(17(14,15)16)8-11(5-2,6-3)10(12)13/h9H,4-8H2,1-3H3,(H,12,13)(H2,14,15,16). The van der Waals surface area contributed by atoms with Crippen LogP contribution in [0.5, 0.6) is 0 Å². The summed E-state index contributed by atoms with van der Waals surface area (Å²) in [5.74, 6) is -0.961. The molecule has 0 aromatic rings. The highest BCUT2D eigenvalue weighted by atomic mass is 31.2. The zero-order chi connectivity index (χ0) is 13.7. The van der Waals surface area contributed by atoms with Crippen molar-refractivity contribution in [2.75, 3.05) is 0 Å². The summed E-state index contributed by atoms with van der Waals surface area (Å²) >= 11 is 0. The lowest BCUT2D eigenvalue weighted by Gasteiger charge is -2.31. The van der Waals surface area contributed by atoms with E-state index in [2.05, 4.69) is 0 Å². The zero-order valence-corrected chi connectivity index (χ0v) is 11.6. The van der Waals surface area contributed by atoms with Crippen LogP contribution in [-0.4, -0.2) is 26.5 Å². The Kier molecular flexibility index (Phi) is 6.38. The van der Waals surface area contributed by atoms with E-state index < -0.39 is 24.6 Å². The molecule has 5 nitrogen and oxygen atoms in total. The number of aliphatic carboxylic acids is 1. The van der Waals surface area contributed by atoms with E-state index in [4.69, 9.17) is 0 Å². The maximum atomic E-state index is 11.4. The van der Waals surface area contributed by atoms with Crippen molar-refractivity contribution < 1.29 is 24.3 Å². The maximum Gasteiger partial charge on any atom is 0.328 e. The molecule has 0 rings (SSSR count). The predicted molar refractivity (Wildman–Crippen MR) is 66.0 cm³/mol. The van der Waals surface area contributed by atoms with Crippen LogP contribution in [0.3, 0.4) is 0 Å². The summed E-state index contributed by atoms with van der Waals surface area (Å²) in [5.41, 5.74) is -1.86. The molecule has 0 aliphatic rings. The molecule has 3 N–H and O–H groups in total. The van der Waals surface area contributed by atoms with Crippen LogP contribution in [0.25, 0.3) is 0 Å². The van der Waals surface area contributed by atoms with Crippen LogP contribution >= 0.6 is 7.60 Å². The second-order valence-corrected chi connectivity index (χ2v) is 6.44. The largest absolute Gasteiger partial charge is 0.481 e. The van der Waals surface area contributed by atoms with Crippen LogP contribution in [0.2, 0.25) is 0 Å². The van der Waals surface area contributed by atoms with E-state index >= 15 is 0 Å². The third kappa shape index (κ3) is 4.41. The van der Waals surface area contributed by atoms with Crippen molar-refractivity contribution in [3.8, 4) is 0 Å². The molecule has 0 radical (unpaired) electrons. The van der Waals surface area contributed by atoms with Crippen LogP contribution in [0.4, 0.5) is 0 Å². The van der Waals surface area contributed by atoms with E-state index in [1.807, 2.05) is 6.92 Å². The van der Waals surface area contributed by atoms with Gasteiger partial charge in [-0.2, -0.15) is 0 Å². The molecule has 102 valence electrons. The summed E-state index contributed by atoms with van der Waals surface area (Å²) in [4.78, 5) is 29.8. The number of carboxylic acid groups (broad SMARTS) is 1. The summed E-state index contributed by atoms with van der Waals surface area (Å²) in [5, 5.41) is 9.25. The second kappa shape index (κ2) is 6.53. The van der Waals surface area contributed by atoms with Gasteiger partial charge in [-0.05, 0) is 25.7 Å². The summed E-state index contributed by atoms with van der Waals surface area (Å²) in [6, 6.07) is 0. The summed E-state index contributed by atoms with van der Waals surface area (Å²) in [6.45, 7) is 5.34. The maximum absolute atomic E-state index is 11.4. The lowest BCUT2D eigenvalue weighted by atomic mass is 9.77. The Balaban J connectivity index is 5.06. The van der Waals surface area contributed by atoms with Gasteiger partial charge in [0.15, 0.2) is 0 Å². The van der Waals surface area contributed by atoms with E-state index in [1.165, 1.54) is 0 Å². The Morgan fingerprint density at radius 1 is 1.24 bits per heavy atom. The van der Waals surface area contributed by atoms with E-state index in [1.54, 1.807) is 13.8 Å². The van der Waals surface area contributed by atoms with Crippen molar-refractivity contribution in [2.45, 2.75) is 58.5 Å². The minimum absolute atomic E-state index is 0.0491. The van der Waals surface area contributed by atoms with Gasteiger partial charge >= 0.3 is 13.6 Å². The van der Waals surface area contributed by atoms with Gasteiger partial charge in [0.1, 0.15) is 0 Å². The first-order valence-corrected chi connectivity index (χ1v) is 7.70. The molecular weight excluding hydrogens is 243 g/mol. The van der Waals surface area contributed by atoms with E-state index in [0.717, 1.165) is 0 Å². The van der Waals surface area contributed by atoms with Crippen LogP contribution in [0.1, 0.15) is 52.9 Å². The molecule has 1 unspecified atom stereocenters. The number of rotatable bonds is 8.